The molecule has 12 heteroatoms. The van der Waals surface area contributed by atoms with Crippen molar-refractivity contribution >= 4 is 50.4 Å². The van der Waals surface area contributed by atoms with E-state index >= 15 is 0 Å². The molecule has 0 rings (SSSR count). The molecule has 0 heterocycles. The summed E-state index contributed by atoms with van der Waals surface area (Å²) in [7, 11) is 0. The predicted octanol–water partition coefficient (Wildman–Crippen LogP) is -6.00. The van der Waals surface area contributed by atoms with Gasteiger partial charge in [-0.05, 0) is 0 Å². The third-order valence-electron chi connectivity index (χ3n) is 0. The molecule has 12 heavy (non-hydrogen) atoms. The molecule has 2 radical (unpaired) electrons. The third-order valence-corrected chi connectivity index (χ3v) is 0. The number of hydrogen-bond donors (Lipinski definition) is 0. The smallest absolute Gasteiger partial charge is 2.00 e. The summed E-state index contributed by atoms with van der Waals surface area (Å²) in [6.45, 7) is 0. The summed E-state index contributed by atoms with van der Waals surface area (Å²) in [6, 6.07) is 0. The van der Waals surface area contributed by atoms with E-state index in [2.05, 4.69) is 0 Å². The quantitative estimate of drug-likeness (QED) is 0.317. The average Bonchev–Trinajstić information content (AvgIpc) is 1.12. The molecule has 68 valence electrons. The molecule has 0 saturated carbocycles. The Hall–Kier alpha value is 1.77. The number of hydrogen-bond acceptors (Lipinski definition) is 8. The van der Waals surface area contributed by atoms with Crippen LogP contribution in [-0.2, 0) is 42.1 Å². The molecule has 0 N–H and O–H groups in total. The molecule has 0 aliphatic rings. The molecule has 0 aliphatic carbocycles. The third kappa shape index (κ3) is 437. The van der Waals surface area contributed by atoms with Gasteiger partial charge in [0.1, 0.15) is 0 Å². The molecule has 0 amide bonds. The van der Waals surface area contributed by atoms with E-state index in [1.54, 1.807) is 0 Å². The Labute approximate surface area is 108 Å². The van der Waals surface area contributed by atoms with Crippen LogP contribution >= 0.6 is 0 Å². The van der Waals surface area contributed by atoms with Gasteiger partial charge in [-0.25, -0.2) is 0 Å². The van der Waals surface area contributed by atoms with Gasteiger partial charge in [-0.1, -0.05) is 0 Å². The van der Waals surface area contributed by atoms with Crippen LogP contribution in [0, 0.1) is 0 Å². The van der Waals surface area contributed by atoms with Crippen LogP contribution in [0.15, 0.2) is 0 Å². The van der Waals surface area contributed by atoms with E-state index in [0.717, 1.165) is 0 Å². The van der Waals surface area contributed by atoms with Crippen molar-refractivity contribution in [3.63, 3.8) is 0 Å². The molecule has 0 atom stereocenters. The summed E-state index contributed by atoms with van der Waals surface area (Å²) in [5, 5.41) is 0. The van der Waals surface area contributed by atoms with E-state index in [9.17, 15) is 0 Å². The second-order valence-corrected chi connectivity index (χ2v) is 3.12. The van der Waals surface area contributed by atoms with Crippen LogP contribution in [0.4, 0.5) is 0 Å². The molecule has 0 unspecified atom stereocenters. The van der Waals surface area contributed by atoms with Crippen molar-refractivity contribution in [1.82, 2.24) is 0 Å². The first-order chi connectivity index (χ1) is 4.00. The maximum absolute atomic E-state index is 8.58. The summed E-state index contributed by atoms with van der Waals surface area (Å²) < 4.78 is 68.6. The van der Waals surface area contributed by atoms with Gasteiger partial charge in [-0.3, -0.25) is 0 Å². The summed E-state index contributed by atoms with van der Waals surface area (Å²) in [5.74, 6) is 0. The molecular formula is MgMn2O8Pb. The van der Waals surface area contributed by atoms with Gasteiger partial charge in [-0.2, -0.15) is 0 Å². The van der Waals surface area contributed by atoms with Gasteiger partial charge in [0.15, 0.2) is 0 Å². The van der Waals surface area contributed by atoms with E-state index in [1.165, 1.54) is 0 Å². The topological polar surface area (TPSA) is 161 Å². The minimum Gasteiger partial charge on any atom is 2.00 e. The molecule has 0 fully saturated rings. The van der Waals surface area contributed by atoms with E-state index in [-0.39, 0.29) is 50.4 Å². The fourth-order valence-electron chi connectivity index (χ4n) is 0. The predicted molar refractivity (Wildman–Crippen MR) is 14.3 cm³/mol. The molecule has 0 aliphatic heterocycles. The Kier molecular flexibility index (Phi) is 18.3. The summed E-state index contributed by atoms with van der Waals surface area (Å²) >= 11 is -11.2. The van der Waals surface area contributed by atoms with Crippen LogP contribution < -0.4 is 16.8 Å². The van der Waals surface area contributed by atoms with Gasteiger partial charge < -0.3 is 0 Å². The van der Waals surface area contributed by atoms with Crippen LogP contribution in [0.25, 0.3) is 0 Å². The van der Waals surface area contributed by atoms with E-state index in [0.29, 0.717) is 0 Å². The molecule has 0 bridgehead atoms. The van der Waals surface area contributed by atoms with Crippen molar-refractivity contribution in [2.75, 3.05) is 0 Å². The fourth-order valence-corrected chi connectivity index (χ4v) is 0. The van der Waals surface area contributed by atoms with Crippen LogP contribution in [0.5, 0.6) is 0 Å². The molecule has 0 aromatic heterocycles. The first-order valence-corrected chi connectivity index (χ1v) is 5.09. The number of rotatable bonds is 0. The van der Waals surface area contributed by atoms with Crippen LogP contribution in [0.3, 0.4) is 0 Å². The normalized spacial score (nSPS) is 9.67. The Bertz CT molecular complexity index is 213. The van der Waals surface area contributed by atoms with Gasteiger partial charge in [0.05, 0.1) is 0 Å². The summed E-state index contributed by atoms with van der Waals surface area (Å²) in [6.07, 6.45) is 0. The Morgan fingerprint density at radius 2 is 0.667 bits per heavy atom. The van der Waals surface area contributed by atoms with Crippen molar-refractivity contribution in [1.29, 1.82) is 0 Å². The minimum atomic E-state index is -5.62. The van der Waals surface area contributed by atoms with Crippen molar-refractivity contribution < 1.29 is 58.8 Å². The Morgan fingerprint density at radius 1 is 0.667 bits per heavy atom. The molecule has 0 aromatic carbocycles. The molecule has 8 nitrogen and oxygen atoms in total. The van der Waals surface area contributed by atoms with Crippen molar-refractivity contribution in [3.05, 3.63) is 0 Å². The standard InChI is InChI=1S/Mg.2Mn.8O.Pb/q+2;;;;;;;4*-1;+2. The monoisotopic (exact) mass is 470 g/mol. The van der Waals surface area contributed by atoms with Gasteiger partial charge in [0.2, 0.25) is 0 Å². The van der Waals surface area contributed by atoms with E-state index in [4.69, 9.17) is 32.1 Å². The Morgan fingerprint density at radius 3 is 0.667 bits per heavy atom. The van der Waals surface area contributed by atoms with E-state index < -0.39 is 26.7 Å². The van der Waals surface area contributed by atoms with Crippen molar-refractivity contribution in [3.8, 4) is 0 Å². The van der Waals surface area contributed by atoms with Gasteiger partial charge in [-0.15, -0.1) is 0 Å². The van der Waals surface area contributed by atoms with Gasteiger partial charge in [0, 0.05) is 0 Å². The maximum atomic E-state index is 8.58. The van der Waals surface area contributed by atoms with Crippen molar-refractivity contribution in [2.45, 2.75) is 0 Å². The largest absolute Gasteiger partial charge is 2.00 e. The zero-order chi connectivity index (χ0) is 9.00. The second kappa shape index (κ2) is 9.33. The Balaban J connectivity index is -0.0000000457. The maximum Gasteiger partial charge on any atom is 2.00 e. The van der Waals surface area contributed by atoms with Crippen LogP contribution in [0.2, 0.25) is 0 Å². The SMILES string of the molecule is [Mg+2].[O]=[Mn](=[O])([O-])[O-].[O]=[Mn](=[O])([O-])[O-].[Pb+2]. The summed E-state index contributed by atoms with van der Waals surface area (Å²) in [5.41, 5.74) is 0. The zero-order valence-corrected chi connectivity index (χ0v) is 12.9. The second-order valence-electron chi connectivity index (χ2n) is 0.756. The van der Waals surface area contributed by atoms with Crippen LogP contribution in [0.1, 0.15) is 0 Å². The first kappa shape index (κ1) is 23.5. The molecule has 0 aromatic rings. The molecule has 0 spiro atoms. The van der Waals surface area contributed by atoms with Crippen molar-refractivity contribution in [2.24, 2.45) is 0 Å². The average molecular weight is 469 g/mol. The first-order valence-electron chi connectivity index (χ1n) is 1.23. The zero-order valence-electron chi connectivity index (χ0n) is 5.23. The molecular weight excluding hydrogens is 469 g/mol. The summed E-state index contributed by atoms with van der Waals surface area (Å²) in [4.78, 5) is 0. The van der Waals surface area contributed by atoms with Gasteiger partial charge in [0.25, 0.3) is 0 Å². The minimum absolute atomic E-state index is 0. The van der Waals surface area contributed by atoms with E-state index in [1.807, 2.05) is 0 Å². The fraction of sp³-hybridized carbons (Fsp3) is 0. The van der Waals surface area contributed by atoms with Crippen LogP contribution in [-0.4, -0.2) is 50.4 Å². The molecule has 0 saturated heterocycles. The van der Waals surface area contributed by atoms with Gasteiger partial charge >= 0.3 is 109 Å².